The Morgan fingerprint density at radius 1 is 1.25 bits per heavy atom. The third-order valence-corrected chi connectivity index (χ3v) is 3.82. The number of ether oxygens (including phenoxy) is 3. The highest BCUT2D eigenvalue weighted by molar-refractivity contribution is 5.85. The van der Waals surface area contributed by atoms with Gasteiger partial charge in [0.1, 0.15) is 13.2 Å². The molecule has 136 valence electrons. The van der Waals surface area contributed by atoms with Crippen molar-refractivity contribution in [1.82, 2.24) is 10.6 Å². The number of hydrogen-bond acceptors (Lipinski definition) is 5. The lowest BCUT2D eigenvalue weighted by Gasteiger charge is -2.28. The lowest BCUT2D eigenvalue weighted by atomic mass is 9.84. The van der Waals surface area contributed by atoms with Crippen LogP contribution in [-0.2, 0) is 14.9 Å². The number of rotatable bonds is 8. The Labute approximate surface area is 149 Å². The third-order valence-electron chi connectivity index (χ3n) is 3.82. The van der Waals surface area contributed by atoms with Crippen LogP contribution in [0.25, 0.3) is 0 Å². The number of amides is 1. The number of halogens is 1. The highest BCUT2D eigenvalue weighted by atomic mass is 35.5. The van der Waals surface area contributed by atoms with E-state index >= 15 is 0 Å². The molecular weight excluding hydrogens is 332 g/mol. The molecule has 1 amide bonds. The van der Waals surface area contributed by atoms with Gasteiger partial charge in [-0.1, -0.05) is 19.9 Å². The molecular formula is C17H27ClN2O4. The van der Waals surface area contributed by atoms with E-state index in [1.165, 1.54) is 0 Å². The maximum atomic E-state index is 11.9. The fourth-order valence-electron chi connectivity index (χ4n) is 2.32. The molecule has 0 aromatic heterocycles. The Morgan fingerprint density at radius 3 is 2.67 bits per heavy atom. The van der Waals surface area contributed by atoms with E-state index in [0.29, 0.717) is 39.5 Å². The third kappa shape index (κ3) is 5.85. The number of carbonyl (C=O) groups excluding carboxylic acids is 1. The normalized spacial score (nSPS) is 13.1. The summed E-state index contributed by atoms with van der Waals surface area (Å²) in [5.41, 5.74) is 0.910. The SMILES string of the molecule is COCCNCC(=O)NCC(C)(C)c1ccc2c(c1)OCCO2.Cl. The van der Waals surface area contributed by atoms with Crippen LogP contribution < -0.4 is 20.1 Å². The van der Waals surface area contributed by atoms with Crippen molar-refractivity contribution in [2.75, 3.05) is 46.6 Å². The smallest absolute Gasteiger partial charge is 0.233 e. The van der Waals surface area contributed by atoms with Crippen molar-refractivity contribution in [1.29, 1.82) is 0 Å². The van der Waals surface area contributed by atoms with Gasteiger partial charge in [-0.05, 0) is 17.7 Å². The van der Waals surface area contributed by atoms with E-state index in [4.69, 9.17) is 14.2 Å². The van der Waals surface area contributed by atoms with Crippen molar-refractivity contribution in [3.63, 3.8) is 0 Å². The second-order valence-electron chi connectivity index (χ2n) is 6.19. The van der Waals surface area contributed by atoms with Gasteiger partial charge in [0.2, 0.25) is 5.91 Å². The van der Waals surface area contributed by atoms with Crippen LogP contribution in [0.5, 0.6) is 11.5 Å². The van der Waals surface area contributed by atoms with Gasteiger partial charge in [-0.2, -0.15) is 0 Å². The van der Waals surface area contributed by atoms with E-state index < -0.39 is 0 Å². The van der Waals surface area contributed by atoms with Gasteiger partial charge < -0.3 is 24.8 Å². The quantitative estimate of drug-likeness (QED) is 0.689. The molecule has 2 N–H and O–H groups in total. The van der Waals surface area contributed by atoms with Gasteiger partial charge >= 0.3 is 0 Å². The zero-order valence-electron chi connectivity index (χ0n) is 14.5. The molecule has 0 unspecified atom stereocenters. The van der Waals surface area contributed by atoms with Crippen LogP contribution in [0.1, 0.15) is 19.4 Å². The summed E-state index contributed by atoms with van der Waals surface area (Å²) in [6.07, 6.45) is 0. The highest BCUT2D eigenvalue weighted by Crippen LogP contribution is 2.34. The molecule has 0 fully saturated rings. The minimum atomic E-state index is -0.196. The summed E-state index contributed by atoms with van der Waals surface area (Å²) in [5, 5.41) is 5.99. The van der Waals surface area contributed by atoms with E-state index in [1.54, 1.807) is 7.11 Å². The predicted molar refractivity (Wildman–Crippen MR) is 95.5 cm³/mol. The van der Waals surface area contributed by atoms with Crippen LogP contribution in [-0.4, -0.2) is 52.5 Å². The van der Waals surface area contributed by atoms with Crippen LogP contribution in [0.4, 0.5) is 0 Å². The number of hydrogen-bond donors (Lipinski definition) is 2. The molecule has 7 heteroatoms. The fourth-order valence-corrected chi connectivity index (χ4v) is 2.32. The lowest BCUT2D eigenvalue weighted by Crippen LogP contribution is -2.41. The number of fused-ring (bicyclic) bond motifs is 1. The van der Waals surface area contributed by atoms with Crippen LogP contribution in [0, 0.1) is 0 Å². The maximum Gasteiger partial charge on any atom is 0.233 e. The van der Waals surface area contributed by atoms with E-state index in [-0.39, 0.29) is 23.7 Å². The summed E-state index contributed by atoms with van der Waals surface area (Å²) in [6, 6.07) is 5.95. The summed E-state index contributed by atoms with van der Waals surface area (Å²) < 4.78 is 16.1. The molecule has 6 nitrogen and oxygen atoms in total. The Morgan fingerprint density at radius 2 is 1.96 bits per heavy atom. The number of benzene rings is 1. The summed E-state index contributed by atoms with van der Waals surface area (Å²) in [7, 11) is 1.64. The van der Waals surface area contributed by atoms with Gasteiger partial charge in [-0.25, -0.2) is 0 Å². The highest BCUT2D eigenvalue weighted by Gasteiger charge is 2.24. The summed E-state index contributed by atoms with van der Waals surface area (Å²) in [4.78, 5) is 11.9. The van der Waals surface area contributed by atoms with Gasteiger partial charge in [0.15, 0.2) is 11.5 Å². The first-order chi connectivity index (χ1) is 11.0. The molecule has 2 rings (SSSR count). The zero-order valence-corrected chi connectivity index (χ0v) is 15.3. The van der Waals surface area contributed by atoms with Crippen molar-refractivity contribution in [3.05, 3.63) is 23.8 Å². The molecule has 1 aliphatic heterocycles. The molecule has 0 aliphatic carbocycles. The van der Waals surface area contributed by atoms with E-state index in [1.807, 2.05) is 18.2 Å². The molecule has 1 aromatic carbocycles. The molecule has 0 spiro atoms. The molecule has 0 saturated carbocycles. The van der Waals surface area contributed by atoms with Crippen molar-refractivity contribution in [2.45, 2.75) is 19.3 Å². The Bertz CT molecular complexity index is 537. The molecule has 24 heavy (non-hydrogen) atoms. The van der Waals surface area contributed by atoms with Crippen LogP contribution in [0.2, 0.25) is 0 Å². The topological polar surface area (TPSA) is 68.8 Å². The number of carbonyl (C=O) groups is 1. The fraction of sp³-hybridized carbons (Fsp3) is 0.588. The minimum absolute atomic E-state index is 0. The van der Waals surface area contributed by atoms with E-state index in [2.05, 4.69) is 24.5 Å². The van der Waals surface area contributed by atoms with Crippen molar-refractivity contribution < 1.29 is 19.0 Å². The molecule has 1 aromatic rings. The first-order valence-electron chi connectivity index (χ1n) is 7.89. The van der Waals surface area contributed by atoms with E-state index in [0.717, 1.165) is 17.1 Å². The van der Waals surface area contributed by atoms with Crippen molar-refractivity contribution in [2.24, 2.45) is 0 Å². The molecule has 0 atom stereocenters. The molecule has 1 heterocycles. The van der Waals surface area contributed by atoms with Crippen molar-refractivity contribution in [3.8, 4) is 11.5 Å². The summed E-state index contributed by atoms with van der Waals surface area (Å²) in [5.74, 6) is 1.53. The second kappa shape index (κ2) is 9.71. The van der Waals surface area contributed by atoms with Crippen LogP contribution in [0.3, 0.4) is 0 Å². The van der Waals surface area contributed by atoms with Gasteiger partial charge in [0, 0.05) is 25.6 Å². The van der Waals surface area contributed by atoms with Crippen LogP contribution in [0.15, 0.2) is 18.2 Å². The zero-order chi connectivity index (χ0) is 16.7. The standard InChI is InChI=1S/C17H26N2O4.ClH/c1-17(2,12-19-16(20)11-18-6-7-21-3)13-4-5-14-15(10-13)23-9-8-22-14;/h4-5,10,18H,6-9,11-12H2,1-3H3,(H,19,20);1H. The average Bonchev–Trinajstić information content (AvgIpc) is 2.56. The molecule has 1 aliphatic rings. The van der Waals surface area contributed by atoms with Crippen LogP contribution >= 0.6 is 12.4 Å². The average molecular weight is 359 g/mol. The summed E-state index contributed by atoms with van der Waals surface area (Å²) >= 11 is 0. The summed E-state index contributed by atoms with van der Waals surface area (Å²) in [6.45, 7) is 7.44. The van der Waals surface area contributed by atoms with Crippen molar-refractivity contribution >= 4 is 18.3 Å². The Kier molecular flexibility index (Phi) is 8.31. The number of methoxy groups -OCH3 is 1. The first-order valence-corrected chi connectivity index (χ1v) is 7.89. The number of nitrogens with one attached hydrogen (secondary N) is 2. The monoisotopic (exact) mass is 358 g/mol. The van der Waals surface area contributed by atoms with Gasteiger partial charge in [0.25, 0.3) is 0 Å². The Balaban J connectivity index is 0.00000288. The minimum Gasteiger partial charge on any atom is -0.486 e. The second-order valence-corrected chi connectivity index (χ2v) is 6.19. The molecule has 0 saturated heterocycles. The lowest BCUT2D eigenvalue weighted by molar-refractivity contribution is -0.120. The van der Waals surface area contributed by atoms with Gasteiger partial charge in [0.05, 0.1) is 13.2 Å². The molecule has 0 bridgehead atoms. The maximum absolute atomic E-state index is 11.9. The largest absolute Gasteiger partial charge is 0.486 e. The van der Waals surface area contributed by atoms with Gasteiger partial charge in [-0.3, -0.25) is 4.79 Å². The first kappa shape index (κ1) is 20.5. The van der Waals surface area contributed by atoms with Gasteiger partial charge in [-0.15, -0.1) is 12.4 Å². The predicted octanol–water partition coefficient (Wildman–Crippen LogP) is 1.51. The Hall–Kier alpha value is -1.50. The molecule has 0 radical (unpaired) electrons. The van der Waals surface area contributed by atoms with E-state index in [9.17, 15) is 4.79 Å².